The van der Waals surface area contributed by atoms with Crippen molar-refractivity contribution in [3.8, 4) is 0 Å². The predicted molar refractivity (Wildman–Crippen MR) is 190 cm³/mol. The van der Waals surface area contributed by atoms with Crippen molar-refractivity contribution in [3.05, 3.63) is 12.2 Å². The Balaban J connectivity index is 3.71. The van der Waals surface area contributed by atoms with Gasteiger partial charge in [0, 0.05) is 12.8 Å². The van der Waals surface area contributed by atoms with Crippen LogP contribution in [0.1, 0.15) is 226 Å². The standard InChI is InChI=1S/C40H76O4/c1-3-5-7-9-11-13-15-17-19-20-21-23-25-27-29-31-33-35-40(43)44-38(36-37-39(41)42)34-32-30-28-26-24-22-18-16-14-12-10-8-6-4-2/h17,19,38H,3-16,18,20-37H2,1-2H3,(H,41,42)/b19-17-. The maximum atomic E-state index is 12.4. The Morgan fingerprint density at radius 3 is 1.25 bits per heavy atom. The molecule has 0 spiro atoms. The normalized spacial score (nSPS) is 12.2. The summed E-state index contributed by atoms with van der Waals surface area (Å²) in [6.07, 6.45) is 43.7. The molecule has 0 saturated carbocycles. The van der Waals surface area contributed by atoms with Gasteiger partial charge in [0.15, 0.2) is 0 Å². The predicted octanol–water partition coefficient (Wildman–Crippen LogP) is 13.5. The molecule has 0 amide bonds. The van der Waals surface area contributed by atoms with Crippen LogP contribution < -0.4 is 0 Å². The van der Waals surface area contributed by atoms with E-state index in [1.807, 2.05) is 0 Å². The molecule has 0 aromatic heterocycles. The van der Waals surface area contributed by atoms with E-state index in [1.54, 1.807) is 0 Å². The van der Waals surface area contributed by atoms with E-state index in [1.165, 1.54) is 161 Å². The van der Waals surface area contributed by atoms with Crippen LogP contribution in [0.25, 0.3) is 0 Å². The molecule has 1 atom stereocenters. The molecule has 260 valence electrons. The summed E-state index contributed by atoms with van der Waals surface area (Å²) >= 11 is 0. The second kappa shape index (κ2) is 36.2. The zero-order valence-electron chi connectivity index (χ0n) is 29.7. The van der Waals surface area contributed by atoms with Crippen molar-refractivity contribution in [3.63, 3.8) is 0 Å². The van der Waals surface area contributed by atoms with E-state index in [9.17, 15) is 9.59 Å². The van der Waals surface area contributed by atoms with Crippen LogP contribution in [-0.2, 0) is 14.3 Å². The van der Waals surface area contributed by atoms with Gasteiger partial charge >= 0.3 is 11.9 Å². The molecule has 1 N–H and O–H groups in total. The number of carboxylic acid groups (broad SMARTS) is 1. The summed E-state index contributed by atoms with van der Waals surface area (Å²) in [7, 11) is 0. The minimum atomic E-state index is -0.809. The zero-order valence-corrected chi connectivity index (χ0v) is 29.7. The monoisotopic (exact) mass is 621 g/mol. The fourth-order valence-electron chi connectivity index (χ4n) is 6.05. The van der Waals surface area contributed by atoms with Crippen LogP contribution in [0.4, 0.5) is 0 Å². The lowest BCUT2D eigenvalue weighted by atomic mass is 10.0. The molecule has 0 rings (SSSR count). The number of esters is 1. The lowest BCUT2D eigenvalue weighted by molar-refractivity contribution is -0.151. The number of aliphatic carboxylic acids is 1. The second-order valence-corrected chi connectivity index (χ2v) is 13.5. The summed E-state index contributed by atoms with van der Waals surface area (Å²) < 4.78 is 5.73. The Morgan fingerprint density at radius 2 is 0.841 bits per heavy atom. The summed E-state index contributed by atoms with van der Waals surface area (Å²) in [6, 6.07) is 0. The number of unbranched alkanes of at least 4 members (excludes halogenated alkanes) is 26. The van der Waals surface area contributed by atoms with Gasteiger partial charge in [-0.25, -0.2) is 0 Å². The third kappa shape index (κ3) is 35.2. The van der Waals surface area contributed by atoms with Gasteiger partial charge in [0.25, 0.3) is 0 Å². The number of ether oxygens (including phenoxy) is 1. The van der Waals surface area contributed by atoms with Crippen LogP contribution in [-0.4, -0.2) is 23.1 Å². The van der Waals surface area contributed by atoms with Crippen molar-refractivity contribution in [1.29, 1.82) is 0 Å². The Morgan fingerprint density at radius 1 is 0.477 bits per heavy atom. The number of allylic oxidation sites excluding steroid dienone is 2. The number of hydrogen-bond acceptors (Lipinski definition) is 3. The van der Waals surface area contributed by atoms with E-state index in [-0.39, 0.29) is 18.5 Å². The molecule has 0 radical (unpaired) electrons. The average molecular weight is 621 g/mol. The van der Waals surface area contributed by atoms with Gasteiger partial charge in [-0.1, -0.05) is 174 Å². The average Bonchev–Trinajstić information content (AvgIpc) is 3.01. The molecule has 0 aromatic rings. The van der Waals surface area contributed by atoms with Gasteiger partial charge in [-0.15, -0.1) is 0 Å². The molecule has 0 aliphatic rings. The molecule has 4 heteroatoms. The first-order chi connectivity index (χ1) is 21.6. The summed E-state index contributed by atoms with van der Waals surface area (Å²) in [4.78, 5) is 23.5. The Kier molecular flexibility index (Phi) is 35.1. The van der Waals surface area contributed by atoms with Gasteiger partial charge < -0.3 is 9.84 Å². The second-order valence-electron chi connectivity index (χ2n) is 13.5. The molecule has 4 nitrogen and oxygen atoms in total. The highest BCUT2D eigenvalue weighted by molar-refractivity contribution is 5.69. The maximum Gasteiger partial charge on any atom is 0.306 e. The van der Waals surface area contributed by atoms with Crippen molar-refractivity contribution in [2.45, 2.75) is 232 Å². The lowest BCUT2D eigenvalue weighted by Crippen LogP contribution is -2.19. The zero-order chi connectivity index (χ0) is 32.2. The highest BCUT2D eigenvalue weighted by Gasteiger charge is 2.16. The number of carbonyl (C=O) groups is 2. The van der Waals surface area contributed by atoms with E-state index in [0.717, 1.165) is 32.1 Å². The van der Waals surface area contributed by atoms with Gasteiger partial charge in [0.05, 0.1) is 0 Å². The third-order valence-electron chi connectivity index (χ3n) is 9.00. The number of hydrogen-bond donors (Lipinski definition) is 1. The third-order valence-corrected chi connectivity index (χ3v) is 9.00. The molecule has 44 heavy (non-hydrogen) atoms. The molecule has 0 aliphatic heterocycles. The van der Waals surface area contributed by atoms with Crippen LogP contribution in [0.2, 0.25) is 0 Å². The first-order valence-electron chi connectivity index (χ1n) is 19.7. The molecular weight excluding hydrogens is 544 g/mol. The molecule has 0 fully saturated rings. The highest BCUT2D eigenvalue weighted by atomic mass is 16.5. The van der Waals surface area contributed by atoms with Gasteiger partial charge in [0.1, 0.15) is 6.10 Å². The Bertz CT molecular complexity index is 629. The molecule has 0 aliphatic carbocycles. The van der Waals surface area contributed by atoms with Crippen LogP contribution >= 0.6 is 0 Å². The van der Waals surface area contributed by atoms with Crippen molar-refractivity contribution in [1.82, 2.24) is 0 Å². The fourth-order valence-corrected chi connectivity index (χ4v) is 6.05. The van der Waals surface area contributed by atoms with Crippen molar-refractivity contribution < 1.29 is 19.4 Å². The van der Waals surface area contributed by atoms with E-state index < -0.39 is 5.97 Å². The topological polar surface area (TPSA) is 63.6 Å². The van der Waals surface area contributed by atoms with Crippen molar-refractivity contribution in [2.24, 2.45) is 0 Å². The Labute approximate surface area is 275 Å². The van der Waals surface area contributed by atoms with E-state index >= 15 is 0 Å². The molecule has 0 aromatic carbocycles. The molecule has 0 heterocycles. The van der Waals surface area contributed by atoms with E-state index in [4.69, 9.17) is 9.84 Å². The van der Waals surface area contributed by atoms with Crippen molar-refractivity contribution >= 4 is 11.9 Å². The first kappa shape index (κ1) is 42.7. The smallest absolute Gasteiger partial charge is 0.306 e. The van der Waals surface area contributed by atoms with Gasteiger partial charge in [-0.05, 0) is 51.4 Å². The fraction of sp³-hybridized carbons (Fsp3) is 0.900. The summed E-state index contributed by atoms with van der Waals surface area (Å²) in [5.74, 6) is -0.949. The number of carbonyl (C=O) groups excluding carboxylic acids is 1. The Hall–Kier alpha value is -1.32. The summed E-state index contributed by atoms with van der Waals surface area (Å²) in [6.45, 7) is 4.54. The van der Waals surface area contributed by atoms with Gasteiger partial charge in [-0.2, -0.15) is 0 Å². The number of rotatable bonds is 36. The SMILES string of the molecule is CCCCCCCC/C=C\CCCCCCCCCC(=O)OC(CCCCCCCCCCCCCCCC)CCC(=O)O. The molecule has 0 bridgehead atoms. The number of carboxylic acids is 1. The van der Waals surface area contributed by atoms with E-state index in [0.29, 0.717) is 12.8 Å². The molecule has 1 unspecified atom stereocenters. The molecular formula is C40H76O4. The maximum absolute atomic E-state index is 12.4. The van der Waals surface area contributed by atoms with Crippen LogP contribution in [0.3, 0.4) is 0 Å². The summed E-state index contributed by atoms with van der Waals surface area (Å²) in [5.41, 5.74) is 0. The quantitative estimate of drug-likeness (QED) is 0.0430. The highest BCUT2D eigenvalue weighted by Crippen LogP contribution is 2.18. The first-order valence-corrected chi connectivity index (χ1v) is 19.7. The largest absolute Gasteiger partial charge is 0.481 e. The van der Waals surface area contributed by atoms with Crippen LogP contribution in [0, 0.1) is 0 Å². The van der Waals surface area contributed by atoms with Crippen molar-refractivity contribution in [2.75, 3.05) is 0 Å². The van der Waals surface area contributed by atoms with Crippen LogP contribution in [0.15, 0.2) is 12.2 Å². The van der Waals surface area contributed by atoms with Gasteiger partial charge in [-0.3, -0.25) is 9.59 Å². The molecule has 0 saturated heterocycles. The lowest BCUT2D eigenvalue weighted by Gasteiger charge is -2.17. The summed E-state index contributed by atoms with van der Waals surface area (Å²) in [5, 5.41) is 9.11. The van der Waals surface area contributed by atoms with Crippen LogP contribution in [0.5, 0.6) is 0 Å². The minimum absolute atomic E-state index is 0.0749. The van der Waals surface area contributed by atoms with Gasteiger partial charge in [0.2, 0.25) is 0 Å². The van der Waals surface area contributed by atoms with E-state index in [2.05, 4.69) is 26.0 Å². The minimum Gasteiger partial charge on any atom is -0.481 e.